The molecule has 1 fully saturated rings. The highest BCUT2D eigenvalue weighted by molar-refractivity contribution is 5.92. The summed E-state index contributed by atoms with van der Waals surface area (Å²) in [5.41, 5.74) is -0.392. The zero-order chi connectivity index (χ0) is 15.4. The van der Waals surface area contributed by atoms with E-state index in [1.54, 1.807) is 0 Å². The van der Waals surface area contributed by atoms with Gasteiger partial charge in [0, 0.05) is 12.1 Å². The molecule has 0 aliphatic heterocycles. The molecule has 21 heavy (non-hydrogen) atoms. The summed E-state index contributed by atoms with van der Waals surface area (Å²) in [5, 5.41) is 2.79. The molecule has 1 amide bonds. The van der Waals surface area contributed by atoms with Gasteiger partial charge in [0.25, 0.3) is 5.91 Å². The first-order valence-corrected chi connectivity index (χ1v) is 6.94. The van der Waals surface area contributed by atoms with E-state index in [4.69, 9.17) is 4.74 Å². The summed E-state index contributed by atoms with van der Waals surface area (Å²) in [7, 11) is 0. The fraction of sp³-hybridized carbons (Fsp3) is 0.467. The first kappa shape index (κ1) is 15.4. The number of hydrogen-bond donors (Lipinski definition) is 1. The molecule has 0 radical (unpaired) electrons. The molecule has 1 aliphatic carbocycles. The monoisotopic (exact) mass is 297 g/mol. The zero-order valence-corrected chi connectivity index (χ0v) is 11.7. The summed E-state index contributed by atoms with van der Waals surface area (Å²) < 4.78 is 31.1. The second-order valence-electron chi connectivity index (χ2n) is 5.16. The van der Waals surface area contributed by atoms with Gasteiger partial charge in [-0.1, -0.05) is 12.8 Å². The third-order valence-electron chi connectivity index (χ3n) is 3.51. The second kappa shape index (κ2) is 6.65. The number of hydrogen-bond acceptors (Lipinski definition) is 3. The summed E-state index contributed by atoms with van der Waals surface area (Å²) in [6, 6.07) is 2.67. The number of esters is 1. The van der Waals surface area contributed by atoms with E-state index >= 15 is 0 Å². The van der Waals surface area contributed by atoms with Crippen LogP contribution < -0.4 is 5.32 Å². The van der Waals surface area contributed by atoms with Crippen molar-refractivity contribution in [2.45, 2.75) is 44.8 Å². The predicted molar refractivity (Wildman–Crippen MR) is 71.6 cm³/mol. The number of carbonyl (C=O) groups is 2. The standard InChI is InChI=1S/C15H17F2NO3/c1-9(14(19)18-11-4-2-3-5-11)21-15(20)12-7-6-10(16)8-13(12)17/h6-9,11H,2-5H2,1H3,(H,18,19)/t9-/m0/s1. The van der Waals surface area contributed by atoms with E-state index in [1.165, 1.54) is 6.92 Å². The van der Waals surface area contributed by atoms with Crippen molar-refractivity contribution in [2.24, 2.45) is 0 Å². The molecule has 0 spiro atoms. The molecule has 6 heteroatoms. The third kappa shape index (κ3) is 4.00. The topological polar surface area (TPSA) is 55.4 Å². The molecule has 0 unspecified atom stereocenters. The van der Waals surface area contributed by atoms with Crippen LogP contribution in [-0.2, 0) is 9.53 Å². The number of nitrogens with one attached hydrogen (secondary N) is 1. The van der Waals surface area contributed by atoms with E-state index in [2.05, 4.69) is 5.32 Å². The van der Waals surface area contributed by atoms with Crippen molar-refractivity contribution in [1.82, 2.24) is 5.32 Å². The molecule has 1 N–H and O–H groups in total. The van der Waals surface area contributed by atoms with Gasteiger partial charge in [0.1, 0.15) is 11.6 Å². The Hall–Kier alpha value is -1.98. The minimum atomic E-state index is -1.03. The van der Waals surface area contributed by atoms with Crippen LogP contribution in [0.3, 0.4) is 0 Å². The molecule has 1 saturated carbocycles. The van der Waals surface area contributed by atoms with Crippen molar-refractivity contribution >= 4 is 11.9 Å². The molecule has 1 aromatic carbocycles. The van der Waals surface area contributed by atoms with Gasteiger partial charge in [-0.05, 0) is 31.9 Å². The first-order valence-electron chi connectivity index (χ1n) is 6.94. The van der Waals surface area contributed by atoms with E-state index in [0.29, 0.717) is 6.07 Å². The van der Waals surface area contributed by atoms with Crippen molar-refractivity contribution in [1.29, 1.82) is 0 Å². The Morgan fingerprint density at radius 1 is 1.29 bits per heavy atom. The van der Waals surface area contributed by atoms with Crippen LogP contribution in [0.2, 0.25) is 0 Å². The Balaban J connectivity index is 1.93. The van der Waals surface area contributed by atoms with Crippen LogP contribution in [0.4, 0.5) is 8.78 Å². The van der Waals surface area contributed by atoms with Crippen molar-refractivity contribution in [3.05, 3.63) is 35.4 Å². The molecule has 1 aromatic rings. The highest BCUT2D eigenvalue weighted by Crippen LogP contribution is 2.18. The lowest BCUT2D eigenvalue weighted by Gasteiger charge is -2.17. The predicted octanol–water partition coefficient (Wildman–Crippen LogP) is 2.57. The van der Waals surface area contributed by atoms with Crippen LogP contribution in [0.5, 0.6) is 0 Å². The highest BCUT2D eigenvalue weighted by Gasteiger charge is 2.24. The Kier molecular flexibility index (Phi) is 4.88. The maximum Gasteiger partial charge on any atom is 0.341 e. The second-order valence-corrected chi connectivity index (χ2v) is 5.16. The maximum absolute atomic E-state index is 13.4. The number of carbonyl (C=O) groups excluding carboxylic acids is 2. The minimum Gasteiger partial charge on any atom is -0.449 e. The fourth-order valence-corrected chi connectivity index (χ4v) is 2.32. The fourth-order valence-electron chi connectivity index (χ4n) is 2.32. The average molecular weight is 297 g/mol. The summed E-state index contributed by atoms with van der Waals surface area (Å²) in [4.78, 5) is 23.6. The van der Waals surface area contributed by atoms with E-state index in [1.807, 2.05) is 0 Å². The molecule has 114 valence electrons. The van der Waals surface area contributed by atoms with Gasteiger partial charge in [-0.2, -0.15) is 0 Å². The summed E-state index contributed by atoms with van der Waals surface area (Å²) in [6.45, 7) is 1.42. The molecule has 4 nitrogen and oxygen atoms in total. The highest BCUT2D eigenvalue weighted by atomic mass is 19.1. The van der Waals surface area contributed by atoms with E-state index in [0.717, 1.165) is 37.8 Å². The zero-order valence-electron chi connectivity index (χ0n) is 11.7. The van der Waals surface area contributed by atoms with Gasteiger partial charge < -0.3 is 10.1 Å². The first-order chi connectivity index (χ1) is 9.97. The average Bonchev–Trinajstić information content (AvgIpc) is 2.91. The number of ether oxygens (including phenoxy) is 1. The minimum absolute atomic E-state index is 0.112. The van der Waals surface area contributed by atoms with Crippen molar-refractivity contribution < 1.29 is 23.1 Å². The van der Waals surface area contributed by atoms with Gasteiger partial charge in [-0.25, -0.2) is 13.6 Å². The van der Waals surface area contributed by atoms with Crippen LogP contribution in [-0.4, -0.2) is 24.0 Å². The number of halogens is 2. The van der Waals surface area contributed by atoms with E-state index in [-0.39, 0.29) is 6.04 Å². The van der Waals surface area contributed by atoms with Gasteiger partial charge >= 0.3 is 5.97 Å². The van der Waals surface area contributed by atoms with Gasteiger partial charge in [0.05, 0.1) is 5.56 Å². The van der Waals surface area contributed by atoms with Crippen LogP contribution >= 0.6 is 0 Å². The Labute approximate surface area is 121 Å². The van der Waals surface area contributed by atoms with Crippen LogP contribution in [0.15, 0.2) is 18.2 Å². The summed E-state index contributed by atoms with van der Waals surface area (Å²) >= 11 is 0. The molecular weight excluding hydrogens is 280 g/mol. The lowest BCUT2D eigenvalue weighted by molar-refractivity contribution is -0.129. The lowest BCUT2D eigenvalue weighted by atomic mass is 10.2. The molecule has 2 rings (SSSR count). The molecule has 0 heterocycles. The molecule has 1 aliphatic rings. The van der Waals surface area contributed by atoms with Crippen molar-refractivity contribution in [2.75, 3.05) is 0 Å². The Morgan fingerprint density at radius 2 is 1.95 bits per heavy atom. The van der Waals surface area contributed by atoms with E-state index in [9.17, 15) is 18.4 Å². The van der Waals surface area contributed by atoms with Crippen LogP contribution in [0, 0.1) is 11.6 Å². The van der Waals surface area contributed by atoms with Gasteiger partial charge in [-0.3, -0.25) is 4.79 Å². The Bertz CT molecular complexity index is 542. The largest absolute Gasteiger partial charge is 0.449 e. The van der Waals surface area contributed by atoms with Gasteiger partial charge in [0.15, 0.2) is 6.10 Å². The smallest absolute Gasteiger partial charge is 0.341 e. The van der Waals surface area contributed by atoms with Gasteiger partial charge in [-0.15, -0.1) is 0 Å². The molecule has 0 bridgehead atoms. The lowest BCUT2D eigenvalue weighted by Crippen LogP contribution is -2.40. The number of benzene rings is 1. The molecule has 0 aromatic heterocycles. The van der Waals surface area contributed by atoms with Crippen molar-refractivity contribution in [3.8, 4) is 0 Å². The van der Waals surface area contributed by atoms with Crippen LogP contribution in [0.25, 0.3) is 0 Å². The SMILES string of the molecule is C[C@H](OC(=O)c1ccc(F)cc1F)C(=O)NC1CCCC1. The number of rotatable bonds is 4. The quantitative estimate of drug-likeness (QED) is 0.869. The summed E-state index contributed by atoms with van der Waals surface area (Å²) in [6.07, 6.45) is 2.94. The molecule has 0 saturated heterocycles. The maximum atomic E-state index is 13.4. The molecule has 1 atom stereocenters. The van der Waals surface area contributed by atoms with Crippen molar-refractivity contribution in [3.63, 3.8) is 0 Å². The molecular formula is C15H17F2NO3. The summed E-state index contributed by atoms with van der Waals surface area (Å²) in [5.74, 6) is -3.18. The van der Waals surface area contributed by atoms with Gasteiger partial charge in [0.2, 0.25) is 0 Å². The third-order valence-corrected chi connectivity index (χ3v) is 3.51. The Morgan fingerprint density at radius 3 is 2.57 bits per heavy atom. The number of amides is 1. The normalized spacial score (nSPS) is 16.5. The van der Waals surface area contributed by atoms with Crippen LogP contribution in [0.1, 0.15) is 43.0 Å². The van der Waals surface area contributed by atoms with E-state index < -0.39 is 35.2 Å².